The standard InChI is InChI=1S/C25H17BrN8O4/c26-18-11-12-19(37-25(36)16-9-5-2-6-10-16)17(13-18)14-28-30-24(35)20-21(15-7-3-1-4-8-15)34(33-29-20)23-22(27)31-38-32-23/h1-14H,(H2,27,31)(H,30,35)/b28-14+. The van der Waals surface area contributed by atoms with Gasteiger partial charge < -0.3 is 10.5 Å². The van der Waals surface area contributed by atoms with E-state index in [4.69, 9.17) is 10.5 Å². The van der Waals surface area contributed by atoms with E-state index in [1.54, 1.807) is 72.8 Å². The lowest BCUT2D eigenvalue weighted by Gasteiger charge is -2.08. The number of benzene rings is 3. The van der Waals surface area contributed by atoms with Crippen LogP contribution in [0.2, 0.25) is 0 Å². The maximum atomic E-state index is 13.1. The van der Waals surface area contributed by atoms with Gasteiger partial charge in [0.05, 0.1) is 11.8 Å². The third-order valence-electron chi connectivity index (χ3n) is 5.18. The number of hydrogen-bond donors (Lipinski definition) is 2. The fourth-order valence-electron chi connectivity index (χ4n) is 3.44. The first-order valence-electron chi connectivity index (χ1n) is 11.0. The summed E-state index contributed by atoms with van der Waals surface area (Å²) in [4.78, 5) is 25.6. The maximum Gasteiger partial charge on any atom is 0.343 e. The largest absolute Gasteiger partial charge is 0.422 e. The summed E-state index contributed by atoms with van der Waals surface area (Å²) in [5, 5.41) is 19.4. The van der Waals surface area contributed by atoms with Crippen molar-refractivity contribution in [1.82, 2.24) is 30.7 Å². The minimum atomic E-state index is -0.654. The van der Waals surface area contributed by atoms with Crippen molar-refractivity contribution in [3.8, 4) is 22.8 Å². The van der Waals surface area contributed by atoms with Gasteiger partial charge in [-0.25, -0.2) is 14.8 Å². The van der Waals surface area contributed by atoms with Crippen LogP contribution in [0.15, 0.2) is 93.1 Å². The molecule has 0 fully saturated rings. The second-order valence-corrected chi connectivity index (χ2v) is 8.59. The van der Waals surface area contributed by atoms with E-state index in [1.165, 1.54) is 10.9 Å². The van der Waals surface area contributed by atoms with E-state index in [0.29, 0.717) is 22.4 Å². The molecule has 5 rings (SSSR count). The highest BCUT2D eigenvalue weighted by atomic mass is 79.9. The Hall–Kier alpha value is -5.17. The molecule has 3 N–H and O–H groups in total. The van der Waals surface area contributed by atoms with Crippen LogP contribution >= 0.6 is 15.9 Å². The van der Waals surface area contributed by atoms with Gasteiger partial charge in [-0.15, -0.1) is 5.10 Å². The molecule has 1 amide bonds. The number of hydrazone groups is 1. The van der Waals surface area contributed by atoms with Crippen LogP contribution in [0.1, 0.15) is 26.4 Å². The summed E-state index contributed by atoms with van der Waals surface area (Å²) in [6, 6.07) is 22.6. The number of rotatable bonds is 7. The Bertz CT molecular complexity index is 1630. The predicted octanol–water partition coefficient (Wildman–Crippen LogP) is 3.65. The molecule has 3 aromatic carbocycles. The number of ether oxygens (including phenoxy) is 1. The SMILES string of the molecule is Nc1nonc1-n1nnc(C(=O)N/N=C/c2cc(Br)ccc2OC(=O)c2ccccc2)c1-c1ccccc1. The van der Waals surface area contributed by atoms with Gasteiger partial charge in [-0.1, -0.05) is 69.7 Å². The van der Waals surface area contributed by atoms with E-state index < -0.39 is 11.9 Å². The molecule has 0 atom stereocenters. The average molecular weight is 573 g/mol. The Morgan fingerprint density at radius 3 is 2.47 bits per heavy atom. The third-order valence-corrected chi connectivity index (χ3v) is 5.68. The van der Waals surface area contributed by atoms with Crippen molar-refractivity contribution in [2.45, 2.75) is 0 Å². The lowest BCUT2D eigenvalue weighted by atomic mass is 10.1. The van der Waals surface area contributed by atoms with E-state index in [0.717, 1.165) is 4.47 Å². The minimum absolute atomic E-state index is 0.0238. The molecule has 188 valence electrons. The Kier molecular flexibility index (Phi) is 6.99. The van der Waals surface area contributed by atoms with Gasteiger partial charge in [0.1, 0.15) is 11.4 Å². The summed E-state index contributed by atoms with van der Waals surface area (Å²) in [6.45, 7) is 0. The number of anilines is 1. The van der Waals surface area contributed by atoms with Crippen LogP contribution in [0.4, 0.5) is 5.82 Å². The zero-order chi connectivity index (χ0) is 26.5. The molecule has 0 spiro atoms. The van der Waals surface area contributed by atoms with Crippen molar-refractivity contribution in [1.29, 1.82) is 0 Å². The van der Waals surface area contributed by atoms with Gasteiger partial charge in [-0.2, -0.15) is 9.78 Å². The van der Waals surface area contributed by atoms with Crippen LogP contribution in [0.3, 0.4) is 0 Å². The highest BCUT2D eigenvalue weighted by Crippen LogP contribution is 2.26. The monoisotopic (exact) mass is 572 g/mol. The van der Waals surface area contributed by atoms with E-state index in [2.05, 4.69) is 51.7 Å². The van der Waals surface area contributed by atoms with Crippen molar-refractivity contribution < 1.29 is 19.0 Å². The second-order valence-electron chi connectivity index (χ2n) is 7.67. The number of amides is 1. The molecule has 0 aliphatic heterocycles. The zero-order valence-electron chi connectivity index (χ0n) is 19.4. The zero-order valence-corrected chi connectivity index (χ0v) is 20.9. The van der Waals surface area contributed by atoms with Gasteiger partial charge in [0.25, 0.3) is 5.91 Å². The summed E-state index contributed by atoms with van der Waals surface area (Å²) in [5.74, 6) is -0.872. The predicted molar refractivity (Wildman–Crippen MR) is 140 cm³/mol. The van der Waals surface area contributed by atoms with E-state index >= 15 is 0 Å². The molecule has 5 aromatic rings. The molecule has 13 heteroatoms. The van der Waals surface area contributed by atoms with Crippen LogP contribution < -0.4 is 15.9 Å². The number of carbonyl (C=O) groups excluding carboxylic acids is 2. The number of esters is 1. The number of hydrogen-bond acceptors (Lipinski definition) is 10. The van der Waals surface area contributed by atoms with Crippen molar-refractivity contribution in [3.05, 3.63) is 100 Å². The van der Waals surface area contributed by atoms with Crippen LogP contribution in [-0.4, -0.2) is 43.4 Å². The molecular weight excluding hydrogens is 556 g/mol. The summed E-state index contributed by atoms with van der Waals surface area (Å²) >= 11 is 3.39. The number of aromatic nitrogens is 5. The number of carbonyl (C=O) groups is 2. The van der Waals surface area contributed by atoms with E-state index in [9.17, 15) is 9.59 Å². The first kappa shape index (κ1) is 24.5. The molecule has 0 bridgehead atoms. The van der Waals surface area contributed by atoms with Gasteiger partial charge >= 0.3 is 5.97 Å². The van der Waals surface area contributed by atoms with E-state index in [1.807, 2.05) is 6.07 Å². The first-order chi connectivity index (χ1) is 18.5. The summed E-state index contributed by atoms with van der Waals surface area (Å²) in [5.41, 5.74) is 9.98. The van der Waals surface area contributed by atoms with Crippen molar-refractivity contribution in [3.63, 3.8) is 0 Å². The summed E-state index contributed by atoms with van der Waals surface area (Å²) in [6.07, 6.45) is 1.35. The van der Waals surface area contributed by atoms with Crippen LogP contribution in [0.25, 0.3) is 17.1 Å². The second kappa shape index (κ2) is 10.8. The molecule has 0 saturated carbocycles. The molecule has 0 aliphatic rings. The Morgan fingerprint density at radius 1 is 1.03 bits per heavy atom. The average Bonchev–Trinajstić information content (AvgIpc) is 3.57. The van der Waals surface area contributed by atoms with Crippen molar-refractivity contribution >= 4 is 39.8 Å². The quantitative estimate of drug-likeness (QED) is 0.128. The molecule has 0 saturated heterocycles. The maximum absolute atomic E-state index is 13.1. The Morgan fingerprint density at radius 2 is 1.76 bits per heavy atom. The molecule has 2 heterocycles. The lowest BCUT2D eigenvalue weighted by Crippen LogP contribution is -2.19. The van der Waals surface area contributed by atoms with Crippen molar-refractivity contribution in [2.75, 3.05) is 5.73 Å². The van der Waals surface area contributed by atoms with Gasteiger partial charge in [0.2, 0.25) is 11.6 Å². The Labute approximate surface area is 223 Å². The van der Waals surface area contributed by atoms with Crippen LogP contribution in [0.5, 0.6) is 5.75 Å². The molecule has 2 aromatic heterocycles. The van der Waals surface area contributed by atoms with Gasteiger partial charge in [-0.3, -0.25) is 4.79 Å². The third kappa shape index (κ3) is 5.17. The van der Waals surface area contributed by atoms with Crippen molar-refractivity contribution in [2.24, 2.45) is 5.10 Å². The normalized spacial score (nSPS) is 11.0. The Balaban J connectivity index is 1.40. The van der Waals surface area contributed by atoms with Gasteiger partial charge in [-0.05, 0) is 40.6 Å². The van der Waals surface area contributed by atoms with Gasteiger partial charge in [0, 0.05) is 15.6 Å². The minimum Gasteiger partial charge on any atom is -0.422 e. The fraction of sp³-hybridized carbons (Fsp3) is 0. The number of nitrogen functional groups attached to an aromatic ring is 1. The topological polar surface area (TPSA) is 163 Å². The van der Waals surface area contributed by atoms with E-state index in [-0.39, 0.29) is 23.1 Å². The fourth-order valence-corrected chi connectivity index (χ4v) is 3.81. The molecule has 0 unspecified atom stereocenters. The first-order valence-corrected chi connectivity index (χ1v) is 11.8. The van der Waals surface area contributed by atoms with Crippen LogP contribution in [-0.2, 0) is 0 Å². The highest BCUT2D eigenvalue weighted by molar-refractivity contribution is 9.10. The number of nitrogens with one attached hydrogen (secondary N) is 1. The van der Waals surface area contributed by atoms with Crippen LogP contribution in [0, 0.1) is 0 Å². The number of nitrogens with zero attached hydrogens (tertiary/aromatic N) is 6. The lowest BCUT2D eigenvalue weighted by molar-refractivity contribution is 0.0734. The molecular formula is C25H17BrN8O4. The molecule has 0 aliphatic carbocycles. The summed E-state index contributed by atoms with van der Waals surface area (Å²) in [7, 11) is 0. The van der Waals surface area contributed by atoms with Gasteiger partial charge in [0.15, 0.2) is 5.69 Å². The molecule has 38 heavy (non-hydrogen) atoms. The smallest absolute Gasteiger partial charge is 0.343 e. The highest BCUT2D eigenvalue weighted by Gasteiger charge is 2.25. The number of halogens is 1. The molecule has 12 nitrogen and oxygen atoms in total. The summed E-state index contributed by atoms with van der Waals surface area (Å²) < 4.78 is 12.2. The number of nitrogens with two attached hydrogens (primary N) is 1. The molecule has 0 radical (unpaired) electrons.